The molecule has 0 bridgehead atoms. The van der Waals surface area contributed by atoms with Crippen LogP contribution in [0.15, 0.2) is 60.4 Å². The molecule has 2 heterocycles. The molecule has 0 saturated carbocycles. The number of thiazole rings is 1. The fourth-order valence-corrected chi connectivity index (χ4v) is 4.72. The van der Waals surface area contributed by atoms with E-state index in [1.807, 2.05) is 30.3 Å². The molecule has 1 saturated heterocycles. The number of nitriles is 1. The Kier molecular flexibility index (Phi) is 5.68. The van der Waals surface area contributed by atoms with Crippen molar-refractivity contribution in [2.75, 3.05) is 32.7 Å². The molecule has 1 aromatic heterocycles. The van der Waals surface area contributed by atoms with Crippen molar-refractivity contribution in [2.45, 2.75) is 6.54 Å². The van der Waals surface area contributed by atoms with Crippen LogP contribution in [0.2, 0.25) is 0 Å². The van der Waals surface area contributed by atoms with Gasteiger partial charge in [-0.05, 0) is 12.1 Å². The molecule has 1 aliphatic heterocycles. The molecular weight excluding hydrogens is 368 g/mol. The molecule has 0 atom stereocenters. The van der Waals surface area contributed by atoms with Gasteiger partial charge in [-0.3, -0.25) is 0 Å². The van der Waals surface area contributed by atoms with Crippen molar-refractivity contribution >= 4 is 27.1 Å². The molecule has 0 spiro atoms. The van der Waals surface area contributed by atoms with Crippen molar-refractivity contribution in [1.82, 2.24) is 4.98 Å². The zero-order chi connectivity index (χ0) is 19.3. The number of piperazine rings is 1. The molecule has 0 amide bonds. The summed E-state index contributed by atoms with van der Waals surface area (Å²) in [7, 11) is 0. The lowest BCUT2D eigenvalue weighted by Gasteiger charge is -2.29. The van der Waals surface area contributed by atoms with E-state index in [0.29, 0.717) is 17.1 Å². The summed E-state index contributed by atoms with van der Waals surface area (Å²) in [6.07, 6.45) is 0. The monoisotopic (exact) mass is 392 g/mol. The second kappa shape index (κ2) is 8.53. The fraction of sp³-hybridized carbons (Fsp3) is 0.273. The number of allylic oxidation sites excluding steroid dienone is 1. The molecule has 0 unspecified atom stereocenters. The van der Waals surface area contributed by atoms with E-state index in [4.69, 9.17) is 0 Å². The van der Waals surface area contributed by atoms with Crippen molar-refractivity contribution in [3.8, 4) is 6.07 Å². The summed E-state index contributed by atoms with van der Waals surface area (Å²) in [4.78, 5) is 7.42. The van der Waals surface area contributed by atoms with Gasteiger partial charge in [0.15, 0.2) is 5.76 Å². The summed E-state index contributed by atoms with van der Waals surface area (Å²) in [6.45, 7) is 5.65. The number of aliphatic hydroxyl groups is 1. The Bertz CT molecular complexity index is 981. The third kappa shape index (κ3) is 4.23. The average Bonchev–Trinajstić information content (AvgIpc) is 3.14. The first kappa shape index (κ1) is 18.6. The standard InChI is InChI=1S/C22H22N4OS/c23-14-18(22-24-19-8-4-5-9-21(19)28-22)20(27)16-26-12-10-25(11-13-26)15-17-6-2-1-3-7-17/h1-9,27H,10-13,15-16H2/p+2/b20-18-. The summed E-state index contributed by atoms with van der Waals surface area (Å²) in [5, 5.41) is 20.8. The Hall–Kier alpha value is -2.72. The largest absolute Gasteiger partial charge is 0.506 e. The molecule has 0 aliphatic carbocycles. The maximum absolute atomic E-state index is 10.6. The van der Waals surface area contributed by atoms with Crippen LogP contribution in [0, 0.1) is 11.3 Å². The highest BCUT2D eigenvalue weighted by molar-refractivity contribution is 7.19. The zero-order valence-electron chi connectivity index (χ0n) is 15.7. The first-order chi connectivity index (χ1) is 13.7. The smallest absolute Gasteiger partial charge is 0.168 e. The Morgan fingerprint density at radius 2 is 1.68 bits per heavy atom. The molecule has 2 aromatic carbocycles. The number of aromatic nitrogens is 1. The third-order valence-corrected chi connectivity index (χ3v) is 6.34. The second-order valence-corrected chi connectivity index (χ2v) is 8.29. The highest BCUT2D eigenvalue weighted by atomic mass is 32.1. The molecule has 3 aromatic rings. The van der Waals surface area contributed by atoms with E-state index < -0.39 is 0 Å². The summed E-state index contributed by atoms with van der Waals surface area (Å²) < 4.78 is 1.03. The quantitative estimate of drug-likeness (QED) is 0.450. The molecule has 28 heavy (non-hydrogen) atoms. The van der Waals surface area contributed by atoms with Crippen LogP contribution in [-0.4, -0.2) is 42.8 Å². The summed E-state index contributed by atoms with van der Waals surface area (Å²) in [5.41, 5.74) is 2.55. The van der Waals surface area contributed by atoms with E-state index in [1.54, 1.807) is 4.90 Å². The SMILES string of the molecule is N#C/C(=C(/O)C[NH+]1CC[NH+](Cc2ccccc2)CC1)c1nc2ccccc2s1. The lowest BCUT2D eigenvalue weighted by atomic mass is 10.2. The van der Waals surface area contributed by atoms with E-state index in [9.17, 15) is 10.4 Å². The number of rotatable bonds is 5. The number of aliphatic hydroxyl groups excluding tert-OH is 1. The summed E-state index contributed by atoms with van der Waals surface area (Å²) >= 11 is 1.46. The van der Waals surface area contributed by atoms with Crippen LogP contribution in [0.25, 0.3) is 15.8 Å². The number of benzene rings is 2. The van der Waals surface area contributed by atoms with Gasteiger partial charge in [0.1, 0.15) is 55.9 Å². The molecule has 0 radical (unpaired) electrons. The highest BCUT2D eigenvalue weighted by Crippen LogP contribution is 2.27. The third-order valence-electron chi connectivity index (χ3n) is 5.29. The van der Waals surface area contributed by atoms with Crippen molar-refractivity contribution in [3.63, 3.8) is 0 Å². The first-order valence-electron chi connectivity index (χ1n) is 9.62. The minimum Gasteiger partial charge on any atom is -0.506 e. The van der Waals surface area contributed by atoms with Crippen LogP contribution in [0.1, 0.15) is 10.6 Å². The molecule has 1 aliphatic rings. The molecule has 3 N–H and O–H groups in total. The van der Waals surface area contributed by atoms with Gasteiger partial charge in [0, 0.05) is 5.56 Å². The maximum Gasteiger partial charge on any atom is 0.168 e. The van der Waals surface area contributed by atoms with Gasteiger partial charge in [-0.15, -0.1) is 11.3 Å². The molecule has 1 fully saturated rings. The van der Waals surface area contributed by atoms with Crippen molar-refractivity contribution in [3.05, 3.63) is 70.9 Å². The van der Waals surface area contributed by atoms with Crippen LogP contribution in [0.5, 0.6) is 0 Å². The molecule has 5 nitrogen and oxygen atoms in total. The number of hydrogen-bond donors (Lipinski definition) is 3. The number of quaternary nitrogens is 2. The number of fused-ring (bicyclic) bond motifs is 1. The van der Waals surface area contributed by atoms with E-state index in [0.717, 1.165) is 42.9 Å². The minimum absolute atomic E-state index is 0.156. The van der Waals surface area contributed by atoms with Crippen molar-refractivity contribution in [2.24, 2.45) is 0 Å². The van der Waals surface area contributed by atoms with Gasteiger partial charge < -0.3 is 14.9 Å². The van der Waals surface area contributed by atoms with Gasteiger partial charge in [-0.25, -0.2) is 4.98 Å². The average molecular weight is 393 g/mol. The van der Waals surface area contributed by atoms with Crippen LogP contribution in [0.3, 0.4) is 0 Å². The van der Waals surface area contributed by atoms with Gasteiger partial charge >= 0.3 is 0 Å². The number of hydrogen-bond acceptors (Lipinski definition) is 4. The molecular formula is C22H24N4OS+2. The van der Waals surface area contributed by atoms with Gasteiger partial charge in [-0.1, -0.05) is 42.5 Å². The predicted molar refractivity (Wildman–Crippen MR) is 111 cm³/mol. The van der Waals surface area contributed by atoms with E-state index in [2.05, 4.69) is 35.3 Å². The summed E-state index contributed by atoms with van der Waals surface area (Å²) in [5.74, 6) is 0.156. The second-order valence-electron chi connectivity index (χ2n) is 7.26. The topological polar surface area (TPSA) is 65.8 Å². The Balaban J connectivity index is 1.40. The maximum atomic E-state index is 10.6. The van der Waals surface area contributed by atoms with Crippen molar-refractivity contribution in [1.29, 1.82) is 5.26 Å². The molecule has 4 rings (SSSR count). The van der Waals surface area contributed by atoms with E-state index in [-0.39, 0.29) is 5.76 Å². The number of nitrogens with one attached hydrogen (secondary N) is 2. The summed E-state index contributed by atoms with van der Waals surface area (Å²) in [6, 6.07) is 20.6. The Morgan fingerprint density at radius 3 is 2.39 bits per heavy atom. The zero-order valence-corrected chi connectivity index (χ0v) is 16.5. The van der Waals surface area contributed by atoms with Crippen LogP contribution in [-0.2, 0) is 6.54 Å². The van der Waals surface area contributed by atoms with Gasteiger partial charge in [-0.2, -0.15) is 5.26 Å². The van der Waals surface area contributed by atoms with Gasteiger partial charge in [0.25, 0.3) is 0 Å². The Labute approximate surface area is 168 Å². The highest BCUT2D eigenvalue weighted by Gasteiger charge is 2.25. The lowest BCUT2D eigenvalue weighted by Crippen LogP contribution is -3.27. The van der Waals surface area contributed by atoms with E-state index >= 15 is 0 Å². The molecule has 142 valence electrons. The number of para-hydroxylation sites is 1. The van der Waals surface area contributed by atoms with Gasteiger partial charge in [0.05, 0.1) is 10.2 Å². The molecule has 6 heteroatoms. The number of nitrogens with zero attached hydrogens (tertiary/aromatic N) is 2. The van der Waals surface area contributed by atoms with Gasteiger partial charge in [0.2, 0.25) is 0 Å². The van der Waals surface area contributed by atoms with Crippen LogP contribution < -0.4 is 9.80 Å². The van der Waals surface area contributed by atoms with Crippen molar-refractivity contribution < 1.29 is 14.9 Å². The minimum atomic E-state index is 0.156. The Morgan fingerprint density at radius 1 is 1.00 bits per heavy atom. The predicted octanol–water partition coefficient (Wildman–Crippen LogP) is 1.07. The van der Waals surface area contributed by atoms with Crippen LogP contribution >= 0.6 is 11.3 Å². The lowest BCUT2D eigenvalue weighted by molar-refractivity contribution is -1.02. The van der Waals surface area contributed by atoms with Crippen LogP contribution in [0.4, 0.5) is 0 Å². The van der Waals surface area contributed by atoms with E-state index in [1.165, 1.54) is 21.8 Å². The normalized spacial score (nSPS) is 20.5. The first-order valence-corrected chi connectivity index (χ1v) is 10.4. The fourth-order valence-electron chi connectivity index (χ4n) is 3.74.